The SMILES string of the molecule is O=C(c1ccccc1)N1CCCC(NC2CCN(c3ccc4c(c3)CCC4)CC2)C1. The highest BCUT2D eigenvalue weighted by Gasteiger charge is 2.28. The maximum absolute atomic E-state index is 12.8. The number of piperidine rings is 2. The zero-order valence-corrected chi connectivity index (χ0v) is 17.9. The topological polar surface area (TPSA) is 35.6 Å². The Bertz CT molecular complexity index is 873. The first kappa shape index (κ1) is 19.6. The van der Waals surface area contributed by atoms with Gasteiger partial charge in [0.25, 0.3) is 5.91 Å². The quantitative estimate of drug-likeness (QED) is 0.837. The van der Waals surface area contributed by atoms with Crippen molar-refractivity contribution in [1.29, 1.82) is 0 Å². The lowest BCUT2D eigenvalue weighted by molar-refractivity contribution is 0.0687. The third-order valence-electron chi connectivity index (χ3n) is 7.14. The Morgan fingerprint density at radius 3 is 2.47 bits per heavy atom. The van der Waals surface area contributed by atoms with Crippen molar-refractivity contribution in [1.82, 2.24) is 10.2 Å². The van der Waals surface area contributed by atoms with E-state index in [1.54, 1.807) is 11.1 Å². The number of anilines is 1. The lowest BCUT2D eigenvalue weighted by Crippen LogP contribution is -2.53. The molecule has 2 aliphatic heterocycles. The zero-order chi connectivity index (χ0) is 20.3. The normalized spacial score (nSPS) is 22.2. The van der Waals surface area contributed by atoms with E-state index in [0.29, 0.717) is 12.1 Å². The van der Waals surface area contributed by atoms with Gasteiger partial charge >= 0.3 is 0 Å². The smallest absolute Gasteiger partial charge is 0.253 e. The van der Waals surface area contributed by atoms with Crippen LogP contribution in [0, 0.1) is 0 Å². The van der Waals surface area contributed by atoms with Crippen LogP contribution < -0.4 is 10.2 Å². The van der Waals surface area contributed by atoms with Crippen molar-refractivity contribution in [3.8, 4) is 0 Å². The molecule has 0 saturated carbocycles. The Kier molecular flexibility index (Phi) is 5.76. The number of carbonyl (C=O) groups is 1. The third-order valence-corrected chi connectivity index (χ3v) is 7.14. The summed E-state index contributed by atoms with van der Waals surface area (Å²) in [7, 11) is 0. The number of aryl methyl sites for hydroxylation is 2. The minimum atomic E-state index is 0.175. The van der Waals surface area contributed by atoms with Gasteiger partial charge in [-0.25, -0.2) is 0 Å². The van der Waals surface area contributed by atoms with Crippen molar-refractivity contribution in [2.24, 2.45) is 0 Å². The molecule has 2 heterocycles. The van der Waals surface area contributed by atoms with E-state index >= 15 is 0 Å². The van der Waals surface area contributed by atoms with Gasteiger partial charge in [-0.05, 0) is 80.3 Å². The summed E-state index contributed by atoms with van der Waals surface area (Å²) in [5.41, 5.74) is 5.34. The highest BCUT2D eigenvalue weighted by Crippen LogP contribution is 2.28. The molecule has 1 aliphatic carbocycles. The molecular formula is C26H33N3O. The van der Waals surface area contributed by atoms with E-state index in [1.807, 2.05) is 35.2 Å². The lowest BCUT2D eigenvalue weighted by atomic mass is 9.99. The number of rotatable bonds is 4. The second-order valence-corrected chi connectivity index (χ2v) is 9.19. The fourth-order valence-electron chi connectivity index (χ4n) is 5.45. The van der Waals surface area contributed by atoms with Gasteiger partial charge in [-0.1, -0.05) is 24.3 Å². The minimum absolute atomic E-state index is 0.175. The summed E-state index contributed by atoms with van der Waals surface area (Å²) in [6, 6.07) is 17.8. The van der Waals surface area contributed by atoms with Crippen LogP contribution in [0.15, 0.2) is 48.5 Å². The van der Waals surface area contributed by atoms with Gasteiger partial charge in [0.2, 0.25) is 0 Å². The molecule has 1 N–H and O–H groups in total. The van der Waals surface area contributed by atoms with E-state index in [9.17, 15) is 4.79 Å². The van der Waals surface area contributed by atoms with E-state index in [1.165, 1.54) is 44.2 Å². The fourth-order valence-corrected chi connectivity index (χ4v) is 5.45. The molecule has 1 unspecified atom stereocenters. The standard InChI is InChI=1S/C26H33N3O/c30-26(21-6-2-1-3-7-21)29-15-5-10-24(19-29)27-23-13-16-28(17-14-23)25-12-11-20-8-4-9-22(20)18-25/h1-3,6-7,11-12,18,23-24,27H,4-5,8-10,13-17,19H2. The Hall–Kier alpha value is -2.33. The summed E-state index contributed by atoms with van der Waals surface area (Å²) in [5.74, 6) is 0.175. The molecule has 5 rings (SSSR count). The van der Waals surface area contributed by atoms with Crippen molar-refractivity contribution < 1.29 is 4.79 Å². The van der Waals surface area contributed by atoms with Gasteiger partial charge in [0.15, 0.2) is 0 Å². The number of hydrogen-bond acceptors (Lipinski definition) is 3. The molecule has 0 aromatic heterocycles. The second-order valence-electron chi connectivity index (χ2n) is 9.19. The molecule has 2 fully saturated rings. The van der Waals surface area contributed by atoms with Gasteiger partial charge in [-0.15, -0.1) is 0 Å². The van der Waals surface area contributed by atoms with Crippen molar-refractivity contribution in [2.75, 3.05) is 31.1 Å². The van der Waals surface area contributed by atoms with Crippen LogP contribution in [0.3, 0.4) is 0 Å². The molecule has 158 valence electrons. The van der Waals surface area contributed by atoms with Gasteiger partial charge in [-0.3, -0.25) is 4.79 Å². The Balaban J connectivity index is 1.13. The summed E-state index contributed by atoms with van der Waals surface area (Å²) in [6.07, 6.45) is 8.44. The largest absolute Gasteiger partial charge is 0.371 e. The molecule has 1 amide bonds. The number of carbonyl (C=O) groups excluding carboxylic acids is 1. The maximum atomic E-state index is 12.8. The summed E-state index contributed by atoms with van der Waals surface area (Å²) in [4.78, 5) is 17.4. The first-order valence-corrected chi connectivity index (χ1v) is 11.7. The lowest BCUT2D eigenvalue weighted by Gasteiger charge is -2.39. The molecule has 0 radical (unpaired) electrons. The number of nitrogens with one attached hydrogen (secondary N) is 1. The first-order chi connectivity index (χ1) is 14.8. The van der Waals surface area contributed by atoms with E-state index < -0.39 is 0 Å². The molecule has 30 heavy (non-hydrogen) atoms. The second kappa shape index (κ2) is 8.81. The van der Waals surface area contributed by atoms with Gasteiger partial charge in [-0.2, -0.15) is 0 Å². The number of amides is 1. The number of likely N-dealkylation sites (tertiary alicyclic amines) is 1. The fraction of sp³-hybridized carbons (Fsp3) is 0.500. The molecule has 4 nitrogen and oxygen atoms in total. The number of nitrogens with zero attached hydrogens (tertiary/aromatic N) is 2. The van der Waals surface area contributed by atoms with Gasteiger partial charge < -0.3 is 15.1 Å². The van der Waals surface area contributed by atoms with Crippen LogP contribution in [0.25, 0.3) is 0 Å². The predicted octanol–water partition coefficient (Wildman–Crippen LogP) is 4.04. The molecule has 1 atom stereocenters. The van der Waals surface area contributed by atoms with E-state index in [2.05, 4.69) is 28.4 Å². The van der Waals surface area contributed by atoms with E-state index in [4.69, 9.17) is 0 Å². The molecule has 2 aromatic rings. The molecule has 3 aliphatic rings. The third kappa shape index (κ3) is 4.24. The van der Waals surface area contributed by atoms with Gasteiger partial charge in [0.05, 0.1) is 0 Å². The Labute approximate surface area is 180 Å². The van der Waals surface area contributed by atoms with Crippen LogP contribution in [-0.4, -0.2) is 49.1 Å². The molecule has 0 spiro atoms. The van der Waals surface area contributed by atoms with Crippen molar-refractivity contribution in [3.63, 3.8) is 0 Å². The van der Waals surface area contributed by atoms with Crippen LogP contribution in [0.2, 0.25) is 0 Å². The van der Waals surface area contributed by atoms with E-state index in [0.717, 1.165) is 38.2 Å². The van der Waals surface area contributed by atoms with Crippen LogP contribution >= 0.6 is 0 Å². The summed E-state index contributed by atoms with van der Waals surface area (Å²) < 4.78 is 0. The van der Waals surface area contributed by atoms with Crippen molar-refractivity contribution in [2.45, 2.75) is 57.0 Å². The van der Waals surface area contributed by atoms with Gasteiger partial charge in [0, 0.05) is 49.5 Å². The molecule has 0 bridgehead atoms. The predicted molar refractivity (Wildman–Crippen MR) is 122 cm³/mol. The maximum Gasteiger partial charge on any atom is 0.253 e. The molecule has 4 heteroatoms. The van der Waals surface area contributed by atoms with Crippen LogP contribution in [0.5, 0.6) is 0 Å². The Morgan fingerprint density at radius 2 is 1.63 bits per heavy atom. The number of hydrogen-bond donors (Lipinski definition) is 1. The first-order valence-electron chi connectivity index (χ1n) is 11.7. The number of fused-ring (bicyclic) bond motifs is 1. The minimum Gasteiger partial charge on any atom is -0.371 e. The van der Waals surface area contributed by atoms with Crippen LogP contribution in [0.1, 0.15) is 53.6 Å². The highest BCUT2D eigenvalue weighted by molar-refractivity contribution is 5.94. The van der Waals surface area contributed by atoms with Crippen LogP contribution in [-0.2, 0) is 12.8 Å². The highest BCUT2D eigenvalue weighted by atomic mass is 16.2. The van der Waals surface area contributed by atoms with Gasteiger partial charge in [0.1, 0.15) is 0 Å². The average Bonchev–Trinajstić information content (AvgIpc) is 3.28. The summed E-state index contributed by atoms with van der Waals surface area (Å²) in [6.45, 7) is 3.95. The molecule has 2 aromatic carbocycles. The van der Waals surface area contributed by atoms with Crippen molar-refractivity contribution >= 4 is 11.6 Å². The number of benzene rings is 2. The molecule has 2 saturated heterocycles. The summed E-state index contributed by atoms with van der Waals surface area (Å²) >= 11 is 0. The monoisotopic (exact) mass is 403 g/mol. The average molecular weight is 404 g/mol. The molecular weight excluding hydrogens is 370 g/mol. The van der Waals surface area contributed by atoms with Crippen LogP contribution in [0.4, 0.5) is 5.69 Å². The summed E-state index contributed by atoms with van der Waals surface area (Å²) in [5, 5.41) is 3.89. The van der Waals surface area contributed by atoms with Crippen molar-refractivity contribution in [3.05, 3.63) is 65.2 Å². The Morgan fingerprint density at radius 1 is 0.833 bits per heavy atom. The van der Waals surface area contributed by atoms with E-state index in [-0.39, 0.29) is 5.91 Å². The zero-order valence-electron chi connectivity index (χ0n) is 17.9.